The van der Waals surface area contributed by atoms with Crippen molar-refractivity contribution in [3.8, 4) is 0 Å². The molecule has 0 radical (unpaired) electrons. The van der Waals surface area contributed by atoms with Crippen LogP contribution in [0, 0.1) is 17.8 Å². The molecule has 2 atom stereocenters. The molecule has 2 aliphatic rings. The number of fused-ring (bicyclic) bond motifs is 3. The Labute approximate surface area is 130 Å². The number of nitrogens with zero attached hydrogens (tertiary/aromatic N) is 1. The molecule has 2 bridgehead atoms. The standard InChI is InChI=1S/C20H31N/c1-20(2,3)21-14-17-9-10-18(15-21)13-19(12-17)11-16-7-5-4-6-8-16/h4-8,17-19H,9-15H2,1-3H3. The summed E-state index contributed by atoms with van der Waals surface area (Å²) in [5, 5.41) is 0. The Balaban J connectivity index is 1.68. The van der Waals surface area contributed by atoms with E-state index in [-0.39, 0.29) is 0 Å². The second-order valence-corrected chi connectivity index (χ2v) is 8.41. The van der Waals surface area contributed by atoms with Crippen molar-refractivity contribution in [1.82, 2.24) is 4.90 Å². The maximum absolute atomic E-state index is 2.76. The smallest absolute Gasteiger partial charge is 0.0125 e. The Hall–Kier alpha value is -0.820. The van der Waals surface area contributed by atoms with Crippen LogP contribution in [0.1, 0.15) is 52.0 Å². The summed E-state index contributed by atoms with van der Waals surface area (Å²) < 4.78 is 0. The van der Waals surface area contributed by atoms with Crippen molar-refractivity contribution in [1.29, 1.82) is 0 Å². The average Bonchev–Trinajstić information content (AvgIpc) is 2.71. The minimum Gasteiger partial charge on any atom is -0.298 e. The third-order valence-corrected chi connectivity index (χ3v) is 5.59. The predicted molar refractivity (Wildman–Crippen MR) is 90.4 cm³/mol. The van der Waals surface area contributed by atoms with Crippen molar-refractivity contribution >= 4 is 0 Å². The number of rotatable bonds is 2. The van der Waals surface area contributed by atoms with E-state index in [9.17, 15) is 0 Å². The van der Waals surface area contributed by atoms with Crippen molar-refractivity contribution in [2.75, 3.05) is 13.1 Å². The van der Waals surface area contributed by atoms with E-state index in [1.165, 1.54) is 50.8 Å². The SMILES string of the molecule is CC(C)(C)N1CC2CCC(CC(Cc3ccccc3)C2)C1. The van der Waals surface area contributed by atoms with E-state index in [1.807, 2.05) is 0 Å². The van der Waals surface area contributed by atoms with Gasteiger partial charge in [0.05, 0.1) is 0 Å². The lowest BCUT2D eigenvalue weighted by Crippen LogP contribution is -2.46. The van der Waals surface area contributed by atoms with Crippen molar-refractivity contribution < 1.29 is 0 Å². The van der Waals surface area contributed by atoms with Crippen molar-refractivity contribution in [2.45, 2.75) is 58.4 Å². The molecule has 1 aromatic rings. The first-order valence-corrected chi connectivity index (χ1v) is 8.79. The van der Waals surface area contributed by atoms with Crippen molar-refractivity contribution in [3.05, 3.63) is 35.9 Å². The zero-order valence-electron chi connectivity index (χ0n) is 14.0. The highest BCUT2D eigenvalue weighted by Crippen LogP contribution is 2.38. The van der Waals surface area contributed by atoms with Crippen LogP contribution in [0.5, 0.6) is 0 Å². The summed E-state index contributed by atoms with van der Waals surface area (Å²) in [5.74, 6) is 2.75. The quantitative estimate of drug-likeness (QED) is 0.757. The molecule has 3 rings (SSSR count). The topological polar surface area (TPSA) is 3.24 Å². The highest BCUT2D eigenvalue weighted by atomic mass is 15.2. The van der Waals surface area contributed by atoms with Gasteiger partial charge in [0.2, 0.25) is 0 Å². The fraction of sp³-hybridized carbons (Fsp3) is 0.700. The molecule has 1 saturated heterocycles. The van der Waals surface area contributed by atoms with E-state index >= 15 is 0 Å². The third-order valence-electron chi connectivity index (χ3n) is 5.59. The van der Waals surface area contributed by atoms with Gasteiger partial charge in [-0.1, -0.05) is 30.3 Å². The minimum absolute atomic E-state index is 0.340. The Morgan fingerprint density at radius 2 is 1.52 bits per heavy atom. The van der Waals surface area contributed by atoms with Crippen LogP contribution in [0.15, 0.2) is 30.3 Å². The van der Waals surface area contributed by atoms with E-state index in [4.69, 9.17) is 0 Å². The second-order valence-electron chi connectivity index (χ2n) is 8.41. The van der Waals surface area contributed by atoms with E-state index < -0.39 is 0 Å². The van der Waals surface area contributed by atoms with Crippen LogP contribution >= 0.6 is 0 Å². The molecule has 0 N–H and O–H groups in total. The molecular formula is C20H31N. The molecule has 1 aliphatic heterocycles. The van der Waals surface area contributed by atoms with Gasteiger partial charge < -0.3 is 0 Å². The first kappa shape index (κ1) is 15.1. The van der Waals surface area contributed by atoms with Crippen LogP contribution in [0.3, 0.4) is 0 Å². The normalized spacial score (nSPS) is 30.9. The van der Waals surface area contributed by atoms with Gasteiger partial charge >= 0.3 is 0 Å². The molecule has 0 aromatic heterocycles. The zero-order chi connectivity index (χ0) is 14.9. The number of benzene rings is 1. The summed E-state index contributed by atoms with van der Waals surface area (Å²) in [7, 11) is 0. The average molecular weight is 285 g/mol. The molecule has 2 unspecified atom stereocenters. The second kappa shape index (κ2) is 6.12. The van der Waals surface area contributed by atoms with Crippen molar-refractivity contribution in [3.63, 3.8) is 0 Å². The molecule has 1 aliphatic carbocycles. The van der Waals surface area contributed by atoms with Crippen LogP contribution in [0.2, 0.25) is 0 Å². The van der Waals surface area contributed by atoms with Crippen LogP contribution in [0.4, 0.5) is 0 Å². The van der Waals surface area contributed by atoms with Gasteiger partial charge in [-0.2, -0.15) is 0 Å². The molecule has 2 fully saturated rings. The molecule has 1 aromatic carbocycles. The summed E-state index contributed by atoms with van der Waals surface area (Å²) >= 11 is 0. The lowest BCUT2D eigenvalue weighted by molar-refractivity contribution is 0.0839. The van der Waals surface area contributed by atoms with E-state index in [1.54, 1.807) is 0 Å². The molecular weight excluding hydrogens is 254 g/mol. The largest absolute Gasteiger partial charge is 0.298 e. The molecule has 1 heteroatoms. The lowest BCUT2D eigenvalue weighted by atomic mass is 9.84. The van der Waals surface area contributed by atoms with Gasteiger partial charge in [-0.15, -0.1) is 0 Å². The highest BCUT2D eigenvalue weighted by molar-refractivity contribution is 5.15. The minimum atomic E-state index is 0.340. The fourth-order valence-corrected chi connectivity index (χ4v) is 4.44. The highest BCUT2D eigenvalue weighted by Gasteiger charge is 2.35. The number of hydrogen-bond acceptors (Lipinski definition) is 1. The van der Waals surface area contributed by atoms with Crippen LogP contribution in [-0.4, -0.2) is 23.5 Å². The molecule has 116 valence electrons. The number of hydrogen-bond donors (Lipinski definition) is 0. The first-order valence-electron chi connectivity index (χ1n) is 8.79. The Kier molecular flexibility index (Phi) is 4.40. The van der Waals surface area contributed by atoms with Gasteiger partial charge in [-0.25, -0.2) is 0 Å². The van der Waals surface area contributed by atoms with Gasteiger partial charge in [0.15, 0.2) is 0 Å². The molecule has 1 nitrogen and oxygen atoms in total. The molecule has 1 saturated carbocycles. The Bertz CT molecular complexity index is 429. The third kappa shape index (κ3) is 3.88. The molecule has 1 heterocycles. The molecule has 0 amide bonds. The summed E-state index contributed by atoms with van der Waals surface area (Å²) in [5.41, 5.74) is 1.88. The maximum atomic E-state index is 2.76. The van der Waals surface area contributed by atoms with Gasteiger partial charge in [-0.3, -0.25) is 4.90 Å². The lowest BCUT2D eigenvalue weighted by Gasteiger charge is -2.40. The summed E-state index contributed by atoms with van der Waals surface area (Å²) in [4.78, 5) is 2.76. The summed E-state index contributed by atoms with van der Waals surface area (Å²) in [6.45, 7) is 9.80. The van der Waals surface area contributed by atoms with Gasteiger partial charge in [0, 0.05) is 18.6 Å². The Morgan fingerprint density at radius 1 is 0.952 bits per heavy atom. The van der Waals surface area contributed by atoms with E-state index in [2.05, 4.69) is 56.0 Å². The molecule has 0 spiro atoms. The van der Waals surface area contributed by atoms with Crippen molar-refractivity contribution in [2.24, 2.45) is 17.8 Å². The Morgan fingerprint density at radius 3 is 2.05 bits per heavy atom. The zero-order valence-corrected chi connectivity index (χ0v) is 14.0. The van der Waals surface area contributed by atoms with Gasteiger partial charge in [0.1, 0.15) is 0 Å². The van der Waals surface area contributed by atoms with E-state index in [0.717, 1.165) is 17.8 Å². The molecule has 21 heavy (non-hydrogen) atoms. The van der Waals surface area contributed by atoms with Gasteiger partial charge in [-0.05, 0) is 76.2 Å². The summed E-state index contributed by atoms with van der Waals surface area (Å²) in [6, 6.07) is 11.1. The van der Waals surface area contributed by atoms with E-state index in [0.29, 0.717) is 5.54 Å². The fourth-order valence-electron chi connectivity index (χ4n) is 4.44. The summed E-state index contributed by atoms with van der Waals surface area (Å²) in [6.07, 6.45) is 7.10. The first-order chi connectivity index (χ1) is 10.0. The monoisotopic (exact) mass is 285 g/mol. The van der Waals surface area contributed by atoms with Crippen LogP contribution in [0.25, 0.3) is 0 Å². The number of likely N-dealkylation sites (tertiary alicyclic amines) is 1. The van der Waals surface area contributed by atoms with Crippen LogP contribution in [-0.2, 0) is 6.42 Å². The van der Waals surface area contributed by atoms with Gasteiger partial charge in [0.25, 0.3) is 0 Å². The van der Waals surface area contributed by atoms with Crippen LogP contribution < -0.4 is 0 Å². The maximum Gasteiger partial charge on any atom is 0.0125 e. The predicted octanol–water partition coefficient (Wildman–Crippen LogP) is 4.77.